The van der Waals surface area contributed by atoms with Crippen molar-refractivity contribution in [1.29, 1.82) is 0 Å². The van der Waals surface area contributed by atoms with Crippen LogP contribution in [-0.4, -0.2) is 72.2 Å². The molecule has 0 aromatic heterocycles. The lowest BCUT2D eigenvalue weighted by molar-refractivity contribution is -0.192. The first-order chi connectivity index (χ1) is 18.4. The second-order valence-corrected chi connectivity index (χ2v) is 10.2. The quantitative estimate of drug-likeness (QED) is 0.173. The van der Waals surface area contributed by atoms with Crippen LogP contribution in [0.3, 0.4) is 0 Å². The Morgan fingerprint density at radius 2 is 1.51 bits per heavy atom. The molecule has 0 aliphatic carbocycles. The van der Waals surface area contributed by atoms with E-state index in [1.165, 1.54) is 15.9 Å². The first-order valence-corrected chi connectivity index (χ1v) is 12.8. The number of piperazine rings is 1. The minimum absolute atomic E-state index is 0.00354. The van der Waals surface area contributed by atoms with E-state index in [-0.39, 0.29) is 41.6 Å². The van der Waals surface area contributed by atoms with E-state index in [1.807, 2.05) is 4.90 Å². The van der Waals surface area contributed by atoms with Crippen LogP contribution in [0.2, 0.25) is 0 Å². The van der Waals surface area contributed by atoms with Crippen molar-refractivity contribution in [3.63, 3.8) is 0 Å². The molecular weight excluding hydrogens is 589 g/mol. The summed E-state index contributed by atoms with van der Waals surface area (Å²) in [4.78, 5) is 53.5. The summed E-state index contributed by atoms with van der Waals surface area (Å²) in [5.74, 6) is -5.16. The number of hydrogen-bond donors (Lipinski definition) is 1. The summed E-state index contributed by atoms with van der Waals surface area (Å²) in [6.07, 6.45) is -3.73. The zero-order valence-corrected chi connectivity index (χ0v) is 21.9. The van der Waals surface area contributed by atoms with E-state index in [4.69, 9.17) is 15.2 Å². The van der Waals surface area contributed by atoms with Gasteiger partial charge in [-0.25, -0.2) is 9.59 Å². The molecule has 206 valence electrons. The molecule has 0 atom stereocenters. The lowest BCUT2D eigenvalue weighted by atomic mass is 10.1. The number of hydrogen-bond acceptors (Lipinski definition) is 9. The monoisotopic (exact) mass is 610 g/mol. The highest BCUT2D eigenvalue weighted by Gasteiger charge is 2.56. The molecule has 2 N–H and O–H groups in total. The molecule has 2 amide bonds. The zero-order chi connectivity index (χ0) is 28.1. The molecule has 3 aliphatic rings. The van der Waals surface area contributed by atoms with Crippen molar-refractivity contribution >= 4 is 51.1 Å². The lowest BCUT2D eigenvalue weighted by Crippen LogP contribution is -2.63. The maximum Gasteiger partial charge on any atom is 0.422 e. The zero-order valence-electron chi connectivity index (χ0n) is 20.3. The molecule has 3 aliphatic heterocycles. The first kappa shape index (κ1) is 26.9. The molecule has 0 unspecified atom stereocenters. The summed E-state index contributed by atoms with van der Waals surface area (Å²) in [5.41, 5.74) is 4.77. The Labute approximate surface area is 228 Å². The summed E-state index contributed by atoms with van der Waals surface area (Å²) in [5, 5.41) is 0. The van der Waals surface area contributed by atoms with Crippen LogP contribution in [0.4, 0.5) is 24.5 Å². The molecule has 0 saturated carbocycles. The number of alkyl halides is 3. The number of halogens is 4. The fourth-order valence-corrected chi connectivity index (χ4v) is 5.43. The predicted octanol–water partition coefficient (Wildman–Crippen LogP) is 3.00. The number of rotatable bonds is 6. The first-order valence-electron chi connectivity index (χ1n) is 12.0. The Kier molecular flexibility index (Phi) is 6.79. The number of nitrogens with two attached hydrogens (primary N) is 1. The van der Waals surface area contributed by atoms with Crippen molar-refractivity contribution in [2.24, 2.45) is 0 Å². The number of imide groups is 1. The topological polar surface area (TPSA) is 122 Å². The van der Waals surface area contributed by atoms with Gasteiger partial charge in [-0.15, -0.1) is 0 Å². The van der Waals surface area contributed by atoms with Gasteiger partial charge in [-0.05, 0) is 59.6 Å². The Morgan fingerprint density at radius 1 is 0.923 bits per heavy atom. The van der Waals surface area contributed by atoms with Crippen LogP contribution in [0.25, 0.3) is 0 Å². The number of nitrogens with zero attached hydrogens (tertiary/aromatic N) is 3. The molecule has 14 heteroatoms. The summed E-state index contributed by atoms with van der Waals surface area (Å²) >= 11 is 3.05. The number of carbonyl (C=O) groups is 4. The molecule has 2 aromatic rings. The highest BCUT2D eigenvalue weighted by molar-refractivity contribution is 9.10. The van der Waals surface area contributed by atoms with Crippen LogP contribution in [0, 0.1) is 0 Å². The van der Waals surface area contributed by atoms with Crippen LogP contribution in [0.5, 0.6) is 0 Å². The molecule has 0 bridgehead atoms. The highest BCUT2D eigenvalue weighted by Crippen LogP contribution is 2.43. The van der Waals surface area contributed by atoms with Gasteiger partial charge in [-0.3, -0.25) is 24.3 Å². The Balaban J connectivity index is 1.28. The van der Waals surface area contributed by atoms with E-state index < -0.39 is 35.3 Å². The minimum Gasteiger partial charge on any atom is -0.397 e. The van der Waals surface area contributed by atoms with Gasteiger partial charge in [0.2, 0.25) is 0 Å². The minimum atomic E-state index is -4.75. The second kappa shape index (κ2) is 9.83. The third kappa shape index (κ3) is 4.82. The van der Waals surface area contributed by atoms with Gasteiger partial charge in [0, 0.05) is 29.8 Å². The fraction of sp³-hybridized carbons (Fsp3) is 0.360. The molecule has 5 rings (SSSR count). The molecule has 3 heterocycles. The van der Waals surface area contributed by atoms with Crippen LogP contribution in [0.15, 0.2) is 40.9 Å². The van der Waals surface area contributed by atoms with E-state index >= 15 is 0 Å². The normalized spacial score (nSPS) is 19.1. The molecule has 39 heavy (non-hydrogen) atoms. The van der Waals surface area contributed by atoms with Crippen molar-refractivity contribution in [1.82, 2.24) is 9.80 Å². The van der Waals surface area contributed by atoms with Gasteiger partial charge in [0.05, 0.1) is 28.9 Å². The Hall–Kier alpha value is -3.65. The average molecular weight is 611 g/mol. The highest BCUT2D eigenvalue weighted by atomic mass is 79.9. The largest absolute Gasteiger partial charge is 0.422 e. The van der Waals surface area contributed by atoms with Gasteiger partial charge in [0.1, 0.15) is 0 Å². The molecule has 1 spiro atoms. The smallest absolute Gasteiger partial charge is 0.397 e. The number of unbranched alkanes of at least 4 members (excludes halogenated alkanes) is 1. The van der Waals surface area contributed by atoms with Crippen molar-refractivity contribution in [2.45, 2.75) is 24.9 Å². The number of esters is 2. The number of fused-ring (bicyclic) bond motifs is 1. The van der Waals surface area contributed by atoms with E-state index in [0.29, 0.717) is 37.1 Å². The Morgan fingerprint density at radius 3 is 2.10 bits per heavy atom. The van der Waals surface area contributed by atoms with E-state index in [0.717, 1.165) is 6.07 Å². The third-order valence-corrected chi connectivity index (χ3v) is 7.52. The molecule has 0 radical (unpaired) electrons. The van der Waals surface area contributed by atoms with Crippen LogP contribution in [0.1, 0.15) is 39.1 Å². The molecule has 2 fully saturated rings. The van der Waals surface area contributed by atoms with Crippen molar-refractivity contribution in [3.05, 3.63) is 57.6 Å². The molecule has 10 nitrogen and oxygen atoms in total. The second-order valence-electron chi connectivity index (χ2n) is 9.32. The predicted molar refractivity (Wildman–Crippen MR) is 133 cm³/mol. The maximum absolute atomic E-state index is 13.6. The average Bonchev–Trinajstić information content (AvgIpc) is 3.29. The standard InChI is InChI=1S/C25H22BrF3N4O6/c26-18-12-14(11-17(19(18)30)25(27,28)29)33-10-9-31(13-24(33)38-22(36)23(37)39-24)7-3-4-8-32-20(34)15-5-1-2-6-16(15)21(32)35/h1-2,5-6,11-12H,3-4,7-10,13,30H2. The summed E-state index contributed by atoms with van der Waals surface area (Å²) in [6, 6.07) is 8.76. The van der Waals surface area contributed by atoms with Gasteiger partial charge in [-0.1, -0.05) is 12.1 Å². The number of carbonyl (C=O) groups excluding carboxylic acids is 4. The van der Waals surface area contributed by atoms with Crippen molar-refractivity contribution < 1.29 is 41.8 Å². The van der Waals surface area contributed by atoms with Crippen LogP contribution >= 0.6 is 15.9 Å². The van der Waals surface area contributed by atoms with Gasteiger partial charge < -0.3 is 15.2 Å². The number of nitrogen functional groups attached to an aromatic ring is 1. The van der Waals surface area contributed by atoms with Crippen LogP contribution < -0.4 is 10.6 Å². The van der Waals surface area contributed by atoms with E-state index in [1.54, 1.807) is 24.3 Å². The molecule has 2 aromatic carbocycles. The molecule has 2 saturated heterocycles. The van der Waals surface area contributed by atoms with Crippen molar-refractivity contribution in [3.8, 4) is 0 Å². The van der Waals surface area contributed by atoms with Crippen molar-refractivity contribution in [2.75, 3.05) is 43.4 Å². The number of ether oxygens (including phenoxy) is 2. The number of benzene rings is 2. The third-order valence-electron chi connectivity index (χ3n) is 6.86. The van der Waals surface area contributed by atoms with Gasteiger partial charge in [0.25, 0.3) is 11.8 Å². The van der Waals surface area contributed by atoms with E-state index in [2.05, 4.69) is 15.9 Å². The maximum atomic E-state index is 13.6. The fourth-order valence-electron chi connectivity index (χ4n) is 4.99. The van der Waals surface area contributed by atoms with Gasteiger partial charge in [-0.2, -0.15) is 13.2 Å². The Bertz CT molecular complexity index is 1330. The molecular formula is C25H22BrF3N4O6. The van der Waals surface area contributed by atoms with E-state index in [9.17, 15) is 32.3 Å². The van der Waals surface area contributed by atoms with Crippen LogP contribution in [-0.2, 0) is 25.2 Å². The van der Waals surface area contributed by atoms with Gasteiger partial charge >= 0.3 is 24.0 Å². The summed E-state index contributed by atoms with van der Waals surface area (Å²) < 4.78 is 51.4. The SMILES string of the molecule is Nc1c(Br)cc(N2CCN(CCCCN3C(=O)c4ccccc4C3=O)CC23OC(=O)C(=O)O3)cc1C(F)(F)F. The number of anilines is 2. The summed E-state index contributed by atoms with van der Waals surface area (Å²) in [7, 11) is 0. The summed E-state index contributed by atoms with van der Waals surface area (Å²) in [6.45, 7) is 0.912. The lowest BCUT2D eigenvalue weighted by Gasteiger charge is -2.46. The van der Waals surface area contributed by atoms with Gasteiger partial charge in [0.15, 0.2) is 0 Å². The number of amides is 2.